The van der Waals surface area contributed by atoms with E-state index in [4.69, 9.17) is 10.5 Å². The number of benzene rings is 1. The molecule has 0 aliphatic carbocycles. The van der Waals surface area contributed by atoms with Gasteiger partial charge in [-0.15, -0.1) is 0 Å². The number of hydrogen-bond acceptors (Lipinski definition) is 3. The van der Waals surface area contributed by atoms with Gasteiger partial charge in [-0.25, -0.2) is 0 Å². The fraction of sp³-hybridized carbons (Fsp3) is 0.533. The minimum Gasteiger partial charge on any atom is -0.364 e. The Morgan fingerprint density at radius 1 is 1.42 bits per heavy atom. The highest BCUT2D eigenvalue weighted by atomic mass is 16.5. The number of ether oxygens (including phenoxy) is 1. The predicted octanol–water partition coefficient (Wildman–Crippen LogP) is 1.76. The van der Waals surface area contributed by atoms with Crippen molar-refractivity contribution < 1.29 is 9.53 Å². The standard InChI is InChI=1S/C15H22N2O2/c1-2-13(11-6-4-3-5-7-11)17-15(18)14-9-8-12(10-16)19-14/h3-7,12-14H,2,8-10,16H2,1H3,(H,17,18). The zero-order valence-corrected chi connectivity index (χ0v) is 11.3. The lowest BCUT2D eigenvalue weighted by Crippen LogP contribution is -2.37. The first kappa shape index (κ1) is 14.0. The molecule has 1 aliphatic heterocycles. The molecule has 0 bridgehead atoms. The van der Waals surface area contributed by atoms with Crippen molar-refractivity contribution in [3.05, 3.63) is 35.9 Å². The monoisotopic (exact) mass is 262 g/mol. The van der Waals surface area contributed by atoms with Crippen LogP contribution in [-0.4, -0.2) is 24.7 Å². The maximum atomic E-state index is 12.2. The minimum absolute atomic E-state index is 0.0216. The van der Waals surface area contributed by atoms with E-state index < -0.39 is 0 Å². The molecule has 19 heavy (non-hydrogen) atoms. The van der Waals surface area contributed by atoms with Crippen molar-refractivity contribution in [3.8, 4) is 0 Å². The van der Waals surface area contributed by atoms with Crippen LogP contribution in [0.15, 0.2) is 30.3 Å². The highest BCUT2D eigenvalue weighted by molar-refractivity contribution is 5.81. The van der Waals surface area contributed by atoms with Crippen molar-refractivity contribution >= 4 is 5.91 Å². The molecule has 104 valence electrons. The molecular weight excluding hydrogens is 240 g/mol. The Labute approximate surface area is 114 Å². The molecule has 3 unspecified atom stereocenters. The van der Waals surface area contributed by atoms with E-state index in [0.717, 1.165) is 24.8 Å². The third-order valence-electron chi connectivity index (χ3n) is 3.59. The van der Waals surface area contributed by atoms with Crippen molar-refractivity contribution in [3.63, 3.8) is 0 Å². The Balaban J connectivity index is 1.94. The van der Waals surface area contributed by atoms with Gasteiger partial charge in [-0.05, 0) is 24.8 Å². The number of rotatable bonds is 5. The Kier molecular flexibility index (Phi) is 4.93. The fourth-order valence-electron chi connectivity index (χ4n) is 2.44. The van der Waals surface area contributed by atoms with Gasteiger partial charge in [-0.1, -0.05) is 37.3 Å². The summed E-state index contributed by atoms with van der Waals surface area (Å²) in [5.41, 5.74) is 6.69. The average Bonchev–Trinajstić information content (AvgIpc) is 2.94. The van der Waals surface area contributed by atoms with Crippen molar-refractivity contribution in [2.75, 3.05) is 6.54 Å². The molecule has 1 aromatic rings. The van der Waals surface area contributed by atoms with Crippen LogP contribution >= 0.6 is 0 Å². The van der Waals surface area contributed by atoms with Gasteiger partial charge in [0, 0.05) is 6.54 Å². The van der Waals surface area contributed by atoms with Crippen molar-refractivity contribution in [2.24, 2.45) is 5.73 Å². The van der Waals surface area contributed by atoms with E-state index >= 15 is 0 Å². The van der Waals surface area contributed by atoms with Gasteiger partial charge in [0.25, 0.3) is 0 Å². The van der Waals surface area contributed by atoms with Gasteiger partial charge in [0.1, 0.15) is 6.10 Å². The molecule has 1 heterocycles. The second-order valence-electron chi connectivity index (χ2n) is 4.94. The second kappa shape index (κ2) is 6.68. The third kappa shape index (κ3) is 3.55. The lowest BCUT2D eigenvalue weighted by molar-refractivity contribution is -0.132. The van der Waals surface area contributed by atoms with E-state index in [1.165, 1.54) is 0 Å². The summed E-state index contributed by atoms with van der Waals surface area (Å²) >= 11 is 0. The molecule has 4 heteroatoms. The van der Waals surface area contributed by atoms with Crippen LogP contribution in [0, 0.1) is 0 Å². The van der Waals surface area contributed by atoms with Crippen LogP contribution in [-0.2, 0) is 9.53 Å². The van der Waals surface area contributed by atoms with Gasteiger partial charge in [-0.3, -0.25) is 4.79 Å². The van der Waals surface area contributed by atoms with Crippen LogP contribution in [0.25, 0.3) is 0 Å². The first-order valence-corrected chi connectivity index (χ1v) is 6.95. The number of nitrogens with two attached hydrogens (primary N) is 1. The van der Waals surface area contributed by atoms with Crippen LogP contribution in [0.2, 0.25) is 0 Å². The summed E-state index contributed by atoms with van der Waals surface area (Å²) in [4.78, 5) is 12.2. The molecular formula is C15H22N2O2. The predicted molar refractivity (Wildman–Crippen MR) is 74.6 cm³/mol. The van der Waals surface area contributed by atoms with Gasteiger partial charge in [0.05, 0.1) is 12.1 Å². The van der Waals surface area contributed by atoms with E-state index in [0.29, 0.717) is 6.54 Å². The van der Waals surface area contributed by atoms with Gasteiger partial charge in [0.15, 0.2) is 0 Å². The van der Waals surface area contributed by atoms with Crippen LogP contribution < -0.4 is 11.1 Å². The molecule has 1 fully saturated rings. The summed E-state index contributed by atoms with van der Waals surface area (Å²) in [6.07, 6.45) is 2.19. The molecule has 0 spiro atoms. The topological polar surface area (TPSA) is 64.4 Å². The van der Waals surface area contributed by atoms with E-state index in [9.17, 15) is 4.79 Å². The largest absolute Gasteiger partial charge is 0.364 e. The lowest BCUT2D eigenvalue weighted by atomic mass is 10.0. The van der Waals surface area contributed by atoms with Crippen LogP contribution in [0.3, 0.4) is 0 Å². The zero-order valence-electron chi connectivity index (χ0n) is 11.3. The molecule has 3 atom stereocenters. The van der Waals surface area contributed by atoms with Crippen molar-refractivity contribution in [1.29, 1.82) is 0 Å². The van der Waals surface area contributed by atoms with Gasteiger partial charge >= 0.3 is 0 Å². The van der Waals surface area contributed by atoms with Crippen LogP contribution in [0.1, 0.15) is 37.8 Å². The normalized spacial score (nSPS) is 24.1. The van der Waals surface area contributed by atoms with Gasteiger partial charge in [-0.2, -0.15) is 0 Å². The van der Waals surface area contributed by atoms with E-state index in [1.54, 1.807) is 0 Å². The maximum absolute atomic E-state index is 12.2. The molecule has 0 saturated carbocycles. The first-order chi connectivity index (χ1) is 9.24. The summed E-state index contributed by atoms with van der Waals surface area (Å²) in [5, 5.41) is 3.06. The average molecular weight is 262 g/mol. The number of nitrogens with one attached hydrogen (secondary N) is 1. The number of carbonyl (C=O) groups excluding carboxylic acids is 1. The van der Waals surface area contributed by atoms with Crippen molar-refractivity contribution in [2.45, 2.75) is 44.4 Å². The van der Waals surface area contributed by atoms with Crippen molar-refractivity contribution in [1.82, 2.24) is 5.32 Å². The molecule has 2 rings (SSSR count). The van der Waals surface area contributed by atoms with Crippen LogP contribution in [0.5, 0.6) is 0 Å². The highest BCUT2D eigenvalue weighted by Gasteiger charge is 2.30. The quantitative estimate of drug-likeness (QED) is 0.850. The molecule has 3 N–H and O–H groups in total. The van der Waals surface area contributed by atoms with E-state index in [1.807, 2.05) is 30.3 Å². The molecule has 0 radical (unpaired) electrons. The third-order valence-corrected chi connectivity index (χ3v) is 3.59. The lowest BCUT2D eigenvalue weighted by Gasteiger charge is -2.20. The molecule has 1 saturated heterocycles. The Hall–Kier alpha value is -1.39. The van der Waals surface area contributed by atoms with Crippen LogP contribution in [0.4, 0.5) is 0 Å². The van der Waals surface area contributed by atoms with E-state index in [-0.39, 0.29) is 24.2 Å². The number of hydrogen-bond donors (Lipinski definition) is 2. The Morgan fingerprint density at radius 3 is 2.74 bits per heavy atom. The SMILES string of the molecule is CCC(NC(=O)C1CCC(CN)O1)c1ccccc1. The van der Waals surface area contributed by atoms with Gasteiger partial charge in [0.2, 0.25) is 5.91 Å². The summed E-state index contributed by atoms with van der Waals surface area (Å²) in [5.74, 6) is -0.0216. The number of carbonyl (C=O) groups is 1. The van der Waals surface area contributed by atoms with Gasteiger partial charge < -0.3 is 15.8 Å². The van der Waals surface area contributed by atoms with E-state index in [2.05, 4.69) is 12.2 Å². The summed E-state index contributed by atoms with van der Waals surface area (Å²) in [7, 11) is 0. The Morgan fingerprint density at radius 2 is 2.16 bits per heavy atom. The maximum Gasteiger partial charge on any atom is 0.249 e. The Bertz CT molecular complexity index is 408. The zero-order chi connectivity index (χ0) is 13.7. The molecule has 4 nitrogen and oxygen atoms in total. The summed E-state index contributed by atoms with van der Waals surface area (Å²) in [6.45, 7) is 2.55. The summed E-state index contributed by atoms with van der Waals surface area (Å²) in [6, 6.07) is 10.1. The fourth-order valence-corrected chi connectivity index (χ4v) is 2.44. The molecule has 1 aliphatic rings. The smallest absolute Gasteiger partial charge is 0.249 e. The highest BCUT2D eigenvalue weighted by Crippen LogP contribution is 2.21. The molecule has 1 amide bonds. The summed E-state index contributed by atoms with van der Waals surface area (Å²) < 4.78 is 5.62. The molecule has 0 aromatic heterocycles. The minimum atomic E-state index is -0.341. The molecule has 1 aromatic carbocycles. The first-order valence-electron chi connectivity index (χ1n) is 6.95. The number of amides is 1. The second-order valence-corrected chi connectivity index (χ2v) is 4.94.